The molecular formula is C12H15N3O3. The highest BCUT2D eigenvalue weighted by Crippen LogP contribution is 2.30. The zero-order chi connectivity index (χ0) is 13.0. The summed E-state index contributed by atoms with van der Waals surface area (Å²) in [6.45, 7) is 0.553. The number of nitrogens with two attached hydrogens (primary N) is 1. The minimum Gasteiger partial charge on any atom is -0.496 e. The lowest BCUT2D eigenvalue weighted by Gasteiger charge is -2.05. The smallest absolute Gasteiger partial charge is 0.261 e. The van der Waals surface area contributed by atoms with Gasteiger partial charge < -0.3 is 19.7 Å². The second-order valence-corrected chi connectivity index (χ2v) is 3.72. The molecule has 0 aliphatic carbocycles. The Kier molecular flexibility index (Phi) is 3.78. The topological polar surface area (TPSA) is 83.4 Å². The van der Waals surface area contributed by atoms with Gasteiger partial charge in [-0.1, -0.05) is 5.16 Å². The van der Waals surface area contributed by atoms with Gasteiger partial charge in [-0.05, 0) is 12.1 Å². The van der Waals surface area contributed by atoms with Crippen LogP contribution in [0.3, 0.4) is 0 Å². The summed E-state index contributed by atoms with van der Waals surface area (Å²) in [5.41, 5.74) is 7.03. The van der Waals surface area contributed by atoms with Crippen LogP contribution < -0.4 is 10.5 Å². The molecule has 2 rings (SSSR count). The minimum atomic E-state index is 0.415. The number of nitrogen functional groups attached to an aromatic ring is 1. The molecule has 0 unspecified atom stereocenters. The van der Waals surface area contributed by atoms with Gasteiger partial charge in [0.2, 0.25) is 0 Å². The van der Waals surface area contributed by atoms with Crippen LogP contribution in [0.25, 0.3) is 11.5 Å². The number of ether oxygens (including phenoxy) is 2. The lowest BCUT2D eigenvalue weighted by Crippen LogP contribution is -1.96. The van der Waals surface area contributed by atoms with E-state index in [9.17, 15) is 0 Å². The lowest BCUT2D eigenvalue weighted by molar-refractivity contribution is 0.199. The molecule has 1 heterocycles. The molecule has 0 atom stereocenters. The van der Waals surface area contributed by atoms with E-state index in [0.717, 1.165) is 5.56 Å². The SMILES string of the molecule is COCCc1noc(-c2ccc(N)cc2OC)n1. The molecule has 0 saturated carbocycles. The van der Waals surface area contributed by atoms with E-state index in [1.807, 2.05) is 0 Å². The van der Waals surface area contributed by atoms with Crippen molar-refractivity contribution in [3.63, 3.8) is 0 Å². The maximum absolute atomic E-state index is 5.69. The molecule has 1 aromatic carbocycles. The van der Waals surface area contributed by atoms with Crippen molar-refractivity contribution in [2.24, 2.45) is 0 Å². The van der Waals surface area contributed by atoms with Gasteiger partial charge in [-0.15, -0.1) is 0 Å². The largest absolute Gasteiger partial charge is 0.496 e. The van der Waals surface area contributed by atoms with Crippen LogP contribution in [0.5, 0.6) is 5.75 Å². The molecular weight excluding hydrogens is 234 g/mol. The average molecular weight is 249 g/mol. The highest BCUT2D eigenvalue weighted by Gasteiger charge is 2.13. The third-order valence-electron chi connectivity index (χ3n) is 2.45. The molecule has 18 heavy (non-hydrogen) atoms. The Hall–Kier alpha value is -2.08. The zero-order valence-electron chi connectivity index (χ0n) is 10.3. The first-order valence-electron chi connectivity index (χ1n) is 5.50. The Labute approximate surface area is 105 Å². The van der Waals surface area contributed by atoms with E-state index in [2.05, 4.69) is 10.1 Å². The summed E-state index contributed by atoms with van der Waals surface area (Å²) in [7, 11) is 3.20. The molecule has 0 fully saturated rings. The predicted molar refractivity (Wildman–Crippen MR) is 66.3 cm³/mol. The number of hydrogen-bond donors (Lipinski definition) is 1. The Balaban J connectivity index is 2.28. The molecule has 2 N–H and O–H groups in total. The normalized spacial score (nSPS) is 10.6. The molecule has 0 spiro atoms. The van der Waals surface area contributed by atoms with Crippen LogP contribution in [0.4, 0.5) is 5.69 Å². The van der Waals surface area contributed by atoms with E-state index in [-0.39, 0.29) is 0 Å². The summed E-state index contributed by atoms with van der Waals surface area (Å²) >= 11 is 0. The highest BCUT2D eigenvalue weighted by molar-refractivity contribution is 5.66. The van der Waals surface area contributed by atoms with Crippen molar-refractivity contribution in [1.82, 2.24) is 10.1 Å². The summed E-state index contributed by atoms with van der Waals surface area (Å²) in [5.74, 6) is 1.63. The van der Waals surface area contributed by atoms with Crippen molar-refractivity contribution in [2.75, 3.05) is 26.6 Å². The Morgan fingerprint density at radius 1 is 1.33 bits per heavy atom. The Morgan fingerprint density at radius 2 is 2.17 bits per heavy atom. The van der Waals surface area contributed by atoms with E-state index < -0.39 is 0 Å². The number of nitrogens with zero attached hydrogens (tertiary/aromatic N) is 2. The van der Waals surface area contributed by atoms with Gasteiger partial charge >= 0.3 is 0 Å². The van der Waals surface area contributed by atoms with Gasteiger partial charge in [0, 0.05) is 25.3 Å². The molecule has 0 amide bonds. The molecule has 2 aromatic rings. The number of methoxy groups -OCH3 is 2. The number of anilines is 1. The standard InChI is InChI=1S/C12H15N3O3/c1-16-6-5-11-14-12(18-15-11)9-4-3-8(13)7-10(9)17-2/h3-4,7H,5-6,13H2,1-2H3. The van der Waals surface area contributed by atoms with Crippen LogP contribution in [0, 0.1) is 0 Å². The van der Waals surface area contributed by atoms with E-state index in [1.54, 1.807) is 32.4 Å². The van der Waals surface area contributed by atoms with Crippen LogP contribution >= 0.6 is 0 Å². The summed E-state index contributed by atoms with van der Waals surface area (Å²) in [5, 5.41) is 3.88. The molecule has 0 aliphatic heterocycles. The maximum atomic E-state index is 5.69. The van der Waals surface area contributed by atoms with Gasteiger partial charge in [0.25, 0.3) is 5.89 Å². The molecule has 6 heteroatoms. The third kappa shape index (κ3) is 2.60. The quantitative estimate of drug-likeness (QED) is 0.809. The van der Waals surface area contributed by atoms with E-state index in [1.165, 1.54) is 0 Å². The molecule has 1 aromatic heterocycles. The van der Waals surface area contributed by atoms with Crippen molar-refractivity contribution in [2.45, 2.75) is 6.42 Å². The van der Waals surface area contributed by atoms with Gasteiger partial charge in [0.1, 0.15) is 5.75 Å². The first kappa shape index (κ1) is 12.4. The lowest BCUT2D eigenvalue weighted by atomic mass is 10.2. The Morgan fingerprint density at radius 3 is 2.89 bits per heavy atom. The molecule has 0 bridgehead atoms. The van der Waals surface area contributed by atoms with Crippen LogP contribution in [0.2, 0.25) is 0 Å². The van der Waals surface area contributed by atoms with Crippen molar-refractivity contribution < 1.29 is 14.0 Å². The van der Waals surface area contributed by atoms with Crippen molar-refractivity contribution in [3.8, 4) is 17.2 Å². The van der Waals surface area contributed by atoms with Crippen molar-refractivity contribution in [3.05, 3.63) is 24.0 Å². The first-order valence-corrected chi connectivity index (χ1v) is 5.50. The molecule has 0 aliphatic rings. The Bertz CT molecular complexity index is 525. The summed E-state index contributed by atoms with van der Waals surface area (Å²) in [4.78, 5) is 4.28. The summed E-state index contributed by atoms with van der Waals surface area (Å²) < 4.78 is 15.4. The van der Waals surface area contributed by atoms with Gasteiger partial charge in [0.15, 0.2) is 5.82 Å². The minimum absolute atomic E-state index is 0.415. The third-order valence-corrected chi connectivity index (χ3v) is 2.45. The van der Waals surface area contributed by atoms with Gasteiger partial charge in [-0.25, -0.2) is 0 Å². The number of aromatic nitrogens is 2. The van der Waals surface area contributed by atoms with Crippen LogP contribution in [0.1, 0.15) is 5.82 Å². The number of benzene rings is 1. The fourth-order valence-electron chi connectivity index (χ4n) is 1.54. The van der Waals surface area contributed by atoms with Gasteiger partial charge in [-0.2, -0.15) is 4.98 Å². The maximum Gasteiger partial charge on any atom is 0.261 e. The molecule has 96 valence electrons. The monoisotopic (exact) mass is 249 g/mol. The van der Waals surface area contributed by atoms with Crippen LogP contribution in [-0.4, -0.2) is 31.0 Å². The van der Waals surface area contributed by atoms with E-state index in [0.29, 0.717) is 36.2 Å². The molecule has 0 radical (unpaired) electrons. The van der Waals surface area contributed by atoms with Gasteiger partial charge in [0.05, 0.1) is 19.3 Å². The summed E-state index contributed by atoms with van der Waals surface area (Å²) in [6.07, 6.45) is 0.608. The average Bonchev–Trinajstić information content (AvgIpc) is 2.84. The summed E-state index contributed by atoms with van der Waals surface area (Å²) in [6, 6.07) is 5.27. The number of rotatable bonds is 5. The second-order valence-electron chi connectivity index (χ2n) is 3.72. The van der Waals surface area contributed by atoms with Crippen LogP contribution in [-0.2, 0) is 11.2 Å². The first-order chi connectivity index (χ1) is 8.74. The van der Waals surface area contributed by atoms with Crippen LogP contribution in [0.15, 0.2) is 22.7 Å². The second kappa shape index (κ2) is 5.50. The van der Waals surface area contributed by atoms with Crippen molar-refractivity contribution in [1.29, 1.82) is 0 Å². The number of hydrogen-bond acceptors (Lipinski definition) is 6. The fraction of sp³-hybridized carbons (Fsp3) is 0.333. The van der Waals surface area contributed by atoms with E-state index in [4.69, 9.17) is 19.7 Å². The fourth-order valence-corrected chi connectivity index (χ4v) is 1.54. The van der Waals surface area contributed by atoms with E-state index >= 15 is 0 Å². The molecule has 0 saturated heterocycles. The predicted octanol–water partition coefficient (Wildman–Crippen LogP) is 1.52. The highest BCUT2D eigenvalue weighted by atomic mass is 16.5. The van der Waals surface area contributed by atoms with Crippen molar-refractivity contribution >= 4 is 5.69 Å². The zero-order valence-corrected chi connectivity index (χ0v) is 10.3. The van der Waals surface area contributed by atoms with Gasteiger partial charge in [-0.3, -0.25) is 0 Å². The molecule has 6 nitrogen and oxygen atoms in total.